The molecule has 0 unspecified atom stereocenters. The molecule has 2 rings (SSSR count). The Morgan fingerprint density at radius 2 is 1.60 bits per heavy atom. The minimum atomic E-state index is -1.36. The molecule has 1 saturated heterocycles. The lowest BCUT2D eigenvalue weighted by Crippen LogP contribution is -2.67. The highest BCUT2D eigenvalue weighted by Crippen LogP contribution is 2.28. The van der Waals surface area contributed by atoms with Crippen LogP contribution in [0.15, 0.2) is 0 Å². The van der Waals surface area contributed by atoms with Crippen LogP contribution in [0.1, 0.15) is 6.42 Å². The van der Waals surface area contributed by atoms with Gasteiger partial charge in [-0.25, -0.2) is 0 Å². The minimum absolute atomic E-state index is 0.212. The number of nitrogens with two attached hydrogens (primary N) is 4. The molecular weight excluding hydrogens is 336 g/mol. The fourth-order valence-electron chi connectivity index (χ4n) is 3.27. The van der Waals surface area contributed by atoms with Gasteiger partial charge in [-0.15, -0.1) is 0 Å². The maximum Gasteiger partial charge on any atom is 0.186 e. The first-order chi connectivity index (χ1) is 11.8. The number of aliphatic hydroxyl groups is 4. The van der Waals surface area contributed by atoms with Gasteiger partial charge in [-0.2, -0.15) is 0 Å². The molecule has 25 heavy (non-hydrogen) atoms. The van der Waals surface area contributed by atoms with E-state index in [-0.39, 0.29) is 13.2 Å². The number of hydrogen-bond acceptors (Lipinski definition) is 11. The van der Waals surface area contributed by atoms with E-state index < -0.39 is 67.6 Å². The lowest BCUT2D eigenvalue weighted by atomic mass is 9.84. The highest BCUT2D eigenvalue weighted by molar-refractivity contribution is 5.00. The molecule has 0 radical (unpaired) electrons. The number of aliphatic hydroxyl groups excluding tert-OH is 4. The highest BCUT2D eigenvalue weighted by Gasteiger charge is 2.48. The maximum absolute atomic E-state index is 10.5. The summed E-state index contributed by atoms with van der Waals surface area (Å²) in [6.45, 7) is -0.0275. The van der Waals surface area contributed by atoms with Gasteiger partial charge in [0.25, 0.3) is 0 Å². The summed E-state index contributed by atoms with van der Waals surface area (Å²) in [5.74, 6) is 0. The van der Waals surface area contributed by atoms with E-state index in [9.17, 15) is 20.4 Å². The molecule has 12 N–H and O–H groups in total. The van der Waals surface area contributed by atoms with Crippen molar-refractivity contribution in [3.63, 3.8) is 0 Å². The average Bonchev–Trinajstić information content (AvgIpc) is 2.58. The van der Waals surface area contributed by atoms with Crippen molar-refractivity contribution in [2.75, 3.05) is 19.8 Å². The number of ether oxygens (including phenoxy) is 3. The highest BCUT2D eigenvalue weighted by atomic mass is 16.7. The van der Waals surface area contributed by atoms with Crippen LogP contribution in [0.2, 0.25) is 0 Å². The monoisotopic (exact) mass is 366 g/mol. The molecule has 1 saturated carbocycles. The van der Waals surface area contributed by atoms with Crippen LogP contribution in [0.25, 0.3) is 0 Å². The molecule has 0 bridgehead atoms. The quantitative estimate of drug-likeness (QED) is 0.222. The second-order valence-electron chi connectivity index (χ2n) is 6.56. The SMILES string of the molecule is NCCO[C@H]1[C@H](O)[C@@H](O[C@H]2O[C@H](CO)[C@@H](O)[C@H](N)[C@H]2O)[C@H](N)C[C@@H]1N. The Bertz CT molecular complexity index is 419. The van der Waals surface area contributed by atoms with Crippen molar-refractivity contribution < 1.29 is 34.6 Å². The van der Waals surface area contributed by atoms with Crippen molar-refractivity contribution in [2.24, 2.45) is 22.9 Å². The molecule has 0 aromatic heterocycles. The van der Waals surface area contributed by atoms with Gasteiger partial charge in [-0.3, -0.25) is 0 Å². The van der Waals surface area contributed by atoms with Crippen LogP contribution in [0.4, 0.5) is 0 Å². The maximum atomic E-state index is 10.5. The Hall–Kier alpha value is -0.440. The van der Waals surface area contributed by atoms with E-state index in [4.69, 9.17) is 37.1 Å². The van der Waals surface area contributed by atoms with Gasteiger partial charge in [0.15, 0.2) is 6.29 Å². The third-order valence-electron chi connectivity index (χ3n) is 4.72. The van der Waals surface area contributed by atoms with Crippen molar-refractivity contribution >= 4 is 0 Å². The second-order valence-corrected chi connectivity index (χ2v) is 6.56. The largest absolute Gasteiger partial charge is 0.394 e. The topological polar surface area (TPSA) is 213 Å². The zero-order valence-electron chi connectivity index (χ0n) is 13.9. The third-order valence-corrected chi connectivity index (χ3v) is 4.72. The molecule has 11 nitrogen and oxygen atoms in total. The predicted octanol–water partition coefficient (Wildman–Crippen LogP) is -5.10. The first-order valence-electron chi connectivity index (χ1n) is 8.36. The Kier molecular flexibility index (Phi) is 7.49. The summed E-state index contributed by atoms with van der Waals surface area (Å²) in [5.41, 5.74) is 23.2. The molecule has 148 valence electrons. The number of hydrogen-bond donors (Lipinski definition) is 8. The van der Waals surface area contributed by atoms with Gasteiger partial charge in [0.2, 0.25) is 0 Å². The fraction of sp³-hybridized carbons (Fsp3) is 1.00. The van der Waals surface area contributed by atoms with Crippen LogP contribution in [0.5, 0.6) is 0 Å². The van der Waals surface area contributed by atoms with Gasteiger partial charge in [0.1, 0.15) is 36.6 Å². The van der Waals surface area contributed by atoms with Gasteiger partial charge >= 0.3 is 0 Å². The Morgan fingerprint density at radius 3 is 2.20 bits per heavy atom. The summed E-state index contributed by atoms with van der Waals surface area (Å²) in [6, 6.07) is -2.21. The van der Waals surface area contributed by atoms with Crippen molar-refractivity contribution in [3.05, 3.63) is 0 Å². The van der Waals surface area contributed by atoms with Gasteiger partial charge < -0.3 is 57.6 Å². The molecule has 1 heterocycles. The van der Waals surface area contributed by atoms with Crippen LogP contribution in [0.3, 0.4) is 0 Å². The lowest BCUT2D eigenvalue weighted by Gasteiger charge is -2.46. The van der Waals surface area contributed by atoms with Crippen LogP contribution < -0.4 is 22.9 Å². The van der Waals surface area contributed by atoms with E-state index in [2.05, 4.69) is 0 Å². The molecule has 1 aliphatic heterocycles. The van der Waals surface area contributed by atoms with Crippen molar-refractivity contribution in [1.29, 1.82) is 0 Å². The van der Waals surface area contributed by atoms with E-state index in [1.54, 1.807) is 0 Å². The zero-order valence-corrected chi connectivity index (χ0v) is 13.9. The lowest BCUT2D eigenvalue weighted by molar-refractivity contribution is -0.305. The molecule has 2 fully saturated rings. The minimum Gasteiger partial charge on any atom is -0.394 e. The van der Waals surface area contributed by atoms with Crippen LogP contribution in [0, 0.1) is 0 Å². The van der Waals surface area contributed by atoms with Crippen molar-refractivity contribution in [3.8, 4) is 0 Å². The Labute approximate surface area is 145 Å². The van der Waals surface area contributed by atoms with Crippen LogP contribution in [-0.2, 0) is 14.2 Å². The summed E-state index contributed by atoms with van der Waals surface area (Å²) < 4.78 is 16.5. The summed E-state index contributed by atoms with van der Waals surface area (Å²) in [5, 5.41) is 39.8. The Balaban J connectivity index is 2.08. The predicted molar refractivity (Wildman–Crippen MR) is 86.0 cm³/mol. The molecule has 0 aromatic carbocycles. The van der Waals surface area contributed by atoms with Crippen molar-refractivity contribution in [2.45, 2.75) is 67.5 Å². The average molecular weight is 366 g/mol. The van der Waals surface area contributed by atoms with Gasteiger partial charge in [0.05, 0.1) is 19.3 Å². The zero-order chi connectivity index (χ0) is 18.7. The first kappa shape index (κ1) is 20.9. The van der Waals surface area contributed by atoms with Crippen molar-refractivity contribution in [1.82, 2.24) is 0 Å². The molecule has 0 aromatic rings. The molecule has 0 amide bonds. The van der Waals surface area contributed by atoms with E-state index in [0.29, 0.717) is 6.42 Å². The molecule has 11 heteroatoms. The smallest absolute Gasteiger partial charge is 0.186 e. The molecule has 1 aliphatic carbocycles. The van der Waals surface area contributed by atoms with Crippen LogP contribution in [-0.4, -0.2) is 101 Å². The van der Waals surface area contributed by atoms with Gasteiger partial charge in [0, 0.05) is 18.6 Å². The van der Waals surface area contributed by atoms with E-state index >= 15 is 0 Å². The third kappa shape index (κ3) is 4.46. The summed E-state index contributed by atoms with van der Waals surface area (Å²) in [6.07, 6.45) is -7.44. The first-order valence-corrected chi connectivity index (χ1v) is 8.36. The molecular formula is C14H30N4O7. The van der Waals surface area contributed by atoms with E-state index in [1.807, 2.05) is 0 Å². The number of rotatable bonds is 6. The van der Waals surface area contributed by atoms with Gasteiger partial charge in [-0.05, 0) is 6.42 Å². The second kappa shape index (κ2) is 8.97. The standard InChI is InChI=1S/C14H30N4O7/c15-1-2-23-12-5(16)3-6(17)13(11(12)22)25-14-10(21)8(18)9(20)7(4-19)24-14/h5-14,19-22H,1-4,15-18H2/t5-,6+,7+,8-,9+,10+,11-,12+,13-,14+/m0/s1. The molecule has 0 spiro atoms. The molecule has 10 atom stereocenters. The summed E-state index contributed by atoms with van der Waals surface area (Å²) in [7, 11) is 0. The summed E-state index contributed by atoms with van der Waals surface area (Å²) in [4.78, 5) is 0. The van der Waals surface area contributed by atoms with Crippen LogP contribution >= 0.6 is 0 Å². The van der Waals surface area contributed by atoms with E-state index in [1.165, 1.54) is 0 Å². The molecule has 2 aliphatic rings. The summed E-state index contributed by atoms with van der Waals surface area (Å²) >= 11 is 0. The normalized spacial score (nSPS) is 48.5. The van der Waals surface area contributed by atoms with E-state index in [0.717, 1.165) is 0 Å². The Morgan fingerprint density at radius 1 is 0.960 bits per heavy atom. The van der Waals surface area contributed by atoms with Gasteiger partial charge in [-0.1, -0.05) is 0 Å². The fourth-order valence-corrected chi connectivity index (χ4v) is 3.27.